The van der Waals surface area contributed by atoms with Gasteiger partial charge in [-0.2, -0.15) is 0 Å². The number of hydrogen-bond donors (Lipinski definition) is 2. The van der Waals surface area contributed by atoms with Gasteiger partial charge in [-0.1, -0.05) is 18.2 Å². The molecule has 0 saturated heterocycles. The van der Waals surface area contributed by atoms with Gasteiger partial charge in [0.25, 0.3) is 0 Å². The van der Waals surface area contributed by atoms with Gasteiger partial charge in [0.2, 0.25) is 0 Å². The molecule has 0 unspecified atom stereocenters. The van der Waals surface area contributed by atoms with E-state index in [-0.39, 0.29) is 0 Å². The summed E-state index contributed by atoms with van der Waals surface area (Å²) in [6, 6.07) is 8.59. The van der Waals surface area contributed by atoms with Crippen LogP contribution < -0.4 is 10.6 Å². The smallest absolute Gasteiger partial charge is 0.129 e. The highest BCUT2D eigenvalue weighted by Gasteiger charge is 2.09. The molecule has 0 radical (unpaired) electrons. The molecule has 0 bridgehead atoms. The highest BCUT2D eigenvalue weighted by atomic mass is 15.0. The third-order valence-corrected chi connectivity index (χ3v) is 3.18. The molecule has 0 aliphatic carbocycles. The molecule has 1 aliphatic heterocycles. The monoisotopic (exact) mass is 240 g/mol. The van der Waals surface area contributed by atoms with Gasteiger partial charge in [0.05, 0.1) is 0 Å². The molecule has 0 amide bonds. The maximum absolute atomic E-state index is 4.19. The number of rotatable bonds is 3. The van der Waals surface area contributed by atoms with Gasteiger partial charge < -0.3 is 10.6 Å². The van der Waals surface area contributed by atoms with Crippen LogP contribution in [-0.2, 0) is 19.6 Å². The van der Waals surface area contributed by atoms with E-state index in [0.717, 1.165) is 31.1 Å². The quantitative estimate of drug-likeness (QED) is 0.861. The minimum absolute atomic E-state index is 0.795. The van der Waals surface area contributed by atoms with Crippen molar-refractivity contribution in [2.45, 2.75) is 26.6 Å². The number of hydrogen-bond acceptors (Lipinski definition) is 4. The van der Waals surface area contributed by atoms with Crippen LogP contribution in [0.15, 0.2) is 30.6 Å². The minimum atomic E-state index is 0.795. The number of aryl methyl sites for hydroxylation is 1. The lowest BCUT2D eigenvalue weighted by Crippen LogP contribution is -2.02. The van der Waals surface area contributed by atoms with E-state index in [9.17, 15) is 0 Å². The van der Waals surface area contributed by atoms with Crippen LogP contribution in [0, 0.1) is 6.92 Å². The van der Waals surface area contributed by atoms with Crippen LogP contribution in [0.5, 0.6) is 0 Å². The third kappa shape index (κ3) is 2.33. The second kappa shape index (κ2) is 4.74. The SMILES string of the molecule is Cc1cc(NCc2ccc3c(c2)CNC3)ncn1. The average Bonchev–Trinajstić information content (AvgIpc) is 2.84. The van der Waals surface area contributed by atoms with Crippen LogP contribution in [-0.4, -0.2) is 9.97 Å². The third-order valence-electron chi connectivity index (χ3n) is 3.18. The van der Waals surface area contributed by atoms with E-state index in [1.54, 1.807) is 6.33 Å². The molecule has 2 heterocycles. The summed E-state index contributed by atoms with van der Waals surface area (Å²) in [5.41, 5.74) is 5.09. The van der Waals surface area contributed by atoms with Gasteiger partial charge >= 0.3 is 0 Å². The Labute approximate surface area is 106 Å². The van der Waals surface area contributed by atoms with Crippen LogP contribution >= 0.6 is 0 Å². The zero-order valence-electron chi connectivity index (χ0n) is 10.4. The Morgan fingerprint density at radius 2 is 2.06 bits per heavy atom. The van der Waals surface area contributed by atoms with Crippen molar-refractivity contribution in [2.75, 3.05) is 5.32 Å². The van der Waals surface area contributed by atoms with E-state index in [4.69, 9.17) is 0 Å². The van der Waals surface area contributed by atoms with Crippen molar-refractivity contribution in [3.05, 3.63) is 53.0 Å². The highest BCUT2D eigenvalue weighted by molar-refractivity contribution is 5.39. The van der Waals surface area contributed by atoms with Crippen molar-refractivity contribution in [1.82, 2.24) is 15.3 Å². The first kappa shape index (κ1) is 11.2. The van der Waals surface area contributed by atoms with E-state index in [0.29, 0.717) is 0 Å². The Kier molecular flexibility index (Phi) is 2.94. The summed E-state index contributed by atoms with van der Waals surface area (Å²) >= 11 is 0. The Hall–Kier alpha value is -1.94. The highest BCUT2D eigenvalue weighted by Crippen LogP contribution is 2.17. The largest absolute Gasteiger partial charge is 0.366 e. The number of nitrogens with zero attached hydrogens (tertiary/aromatic N) is 2. The normalized spacial score (nSPS) is 13.4. The van der Waals surface area contributed by atoms with Crippen molar-refractivity contribution in [3.8, 4) is 0 Å². The fraction of sp³-hybridized carbons (Fsp3) is 0.286. The minimum Gasteiger partial charge on any atom is -0.366 e. The summed E-state index contributed by atoms with van der Waals surface area (Å²) in [6.45, 7) is 4.74. The summed E-state index contributed by atoms with van der Waals surface area (Å²) in [5.74, 6) is 0.876. The van der Waals surface area contributed by atoms with Gasteiger partial charge in [0, 0.05) is 31.4 Å². The first-order valence-corrected chi connectivity index (χ1v) is 6.15. The maximum Gasteiger partial charge on any atom is 0.129 e. The molecule has 0 spiro atoms. The first-order chi connectivity index (χ1) is 8.81. The molecule has 3 rings (SSSR count). The second-order valence-corrected chi connectivity index (χ2v) is 4.60. The van der Waals surface area contributed by atoms with Gasteiger partial charge in [-0.25, -0.2) is 9.97 Å². The summed E-state index contributed by atoms with van der Waals surface area (Å²) in [5, 5.41) is 6.68. The molecule has 0 saturated carbocycles. The van der Waals surface area contributed by atoms with Gasteiger partial charge in [-0.3, -0.25) is 0 Å². The van der Waals surface area contributed by atoms with Crippen molar-refractivity contribution in [3.63, 3.8) is 0 Å². The molecule has 2 aromatic rings. The lowest BCUT2D eigenvalue weighted by molar-refractivity contribution is 0.764. The zero-order valence-corrected chi connectivity index (χ0v) is 10.4. The number of nitrogens with one attached hydrogen (secondary N) is 2. The summed E-state index contributed by atoms with van der Waals surface area (Å²) in [7, 11) is 0. The predicted molar refractivity (Wildman–Crippen MR) is 71.1 cm³/mol. The van der Waals surface area contributed by atoms with Crippen molar-refractivity contribution < 1.29 is 0 Å². The molecule has 0 fully saturated rings. The van der Waals surface area contributed by atoms with Crippen molar-refractivity contribution in [2.24, 2.45) is 0 Å². The molecular weight excluding hydrogens is 224 g/mol. The predicted octanol–water partition coefficient (Wildman–Crippen LogP) is 2.00. The Morgan fingerprint density at radius 1 is 1.17 bits per heavy atom. The molecule has 1 aliphatic rings. The van der Waals surface area contributed by atoms with Crippen LogP contribution in [0.4, 0.5) is 5.82 Å². The van der Waals surface area contributed by atoms with Gasteiger partial charge in [-0.15, -0.1) is 0 Å². The lowest BCUT2D eigenvalue weighted by atomic mass is 10.1. The van der Waals surface area contributed by atoms with Crippen LogP contribution in [0.1, 0.15) is 22.4 Å². The van der Waals surface area contributed by atoms with E-state index in [1.165, 1.54) is 16.7 Å². The molecule has 1 aromatic heterocycles. The molecule has 0 atom stereocenters. The second-order valence-electron chi connectivity index (χ2n) is 4.60. The van der Waals surface area contributed by atoms with Gasteiger partial charge in [-0.05, 0) is 23.6 Å². The fourth-order valence-corrected chi connectivity index (χ4v) is 2.20. The molecule has 4 heteroatoms. The van der Waals surface area contributed by atoms with E-state index >= 15 is 0 Å². The summed E-state index contributed by atoms with van der Waals surface area (Å²) in [6.07, 6.45) is 1.59. The standard InChI is InChI=1S/C14H16N4/c1-10-4-14(18-9-17-10)16-6-11-2-3-12-7-15-8-13(12)5-11/h2-5,9,15H,6-8H2,1H3,(H,16,17,18). The number of fused-ring (bicyclic) bond motifs is 1. The average molecular weight is 240 g/mol. The number of anilines is 1. The Balaban J connectivity index is 1.70. The summed E-state index contributed by atoms with van der Waals surface area (Å²) < 4.78 is 0. The topological polar surface area (TPSA) is 49.8 Å². The molecule has 18 heavy (non-hydrogen) atoms. The van der Waals surface area contributed by atoms with Crippen molar-refractivity contribution in [1.29, 1.82) is 0 Å². The first-order valence-electron chi connectivity index (χ1n) is 6.15. The maximum atomic E-state index is 4.19. The summed E-state index contributed by atoms with van der Waals surface area (Å²) in [4.78, 5) is 8.28. The Bertz CT molecular complexity index is 565. The molecule has 1 aromatic carbocycles. The lowest BCUT2D eigenvalue weighted by Gasteiger charge is -2.07. The van der Waals surface area contributed by atoms with E-state index in [2.05, 4.69) is 38.8 Å². The van der Waals surface area contributed by atoms with E-state index in [1.807, 2.05) is 13.0 Å². The molecule has 92 valence electrons. The Morgan fingerprint density at radius 3 is 2.94 bits per heavy atom. The van der Waals surface area contributed by atoms with Gasteiger partial charge in [0.15, 0.2) is 0 Å². The molecule has 4 nitrogen and oxygen atoms in total. The fourth-order valence-electron chi connectivity index (χ4n) is 2.20. The number of benzene rings is 1. The molecular formula is C14H16N4. The van der Waals surface area contributed by atoms with Gasteiger partial charge in [0.1, 0.15) is 12.1 Å². The van der Waals surface area contributed by atoms with E-state index < -0.39 is 0 Å². The number of aromatic nitrogens is 2. The van der Waals surface area contributed by atoms with Crippen LogP contribution in [0.25, 0.3) is 0 Å². The zero-order chi connectivity index (χ0) is 12.4. The van der Waals surface area contributed by atoms with Crippen LogP contribution in [0.3, 0.4) is 0 Å². The van der Waals surface area contributed by atoms with Crippen molar-refractivity contribution >= 4 is 5.82 Å². The molecule has 2 N–H and O–H groups in total. The van der Waals surface area contributed by atoms with Crippen LogP contribution in [0.2, 0.25) is 0 Å².